The number of hydrogen-bond acceptors (Lipinski definition) is 4. The zero-order valence-corrected chi connectivity index (χ0v) is 13.5. The monoisotopic (exact) mass is 383 g/mol. The highest BCUT2D eigenvalue weighted by atomic mass is 79.9. The Morgan fingerprint density at radius 3 is 2.27 bits per heavy atom. The molecule has 0 N–H and O–H groups in total. The second-order valence-electron chi connectivity index (χ2n) is 4.39. The first-order valence-corrected chi connectivity index (χ1v) is 7.63. The SMILES string of the molecule is O=C(Oc1ccc([N+](=O)[O-])cc1)[C@@H](Cl)[C@@H](Br)c1ccccc1. The molecule has 22 heavy (non-hydrogen) atoms. The van der Waals surface area contributed by atoms with E-state index in [-0.39, 0.29) is 11.4 Å². The molecule has 2 rings (SSSR count). The molecule has 114 valence electrons. The summed E-state index contributed by atoms with van der Waals surface area (Å²) in [6.45, 7) is 0. The summed E-state index contributed by atoms with van der Waals surface area (Å²) >= 11 is 9.49. The molecule has 0 aliphatic rings. The van der Waals surface area contributed by atoms with Gasteiger partial charge in [-0.2, -0.15) is 0 Å². The van der Waals surface area contributed by atoms with Gasteiger partial charge in [0, 0.05) is 12.1 Å². The average Bonchev–Trinajstić information content (AvgIpc) is 2.54. The van der Waals surface area contributed by atoms with E-state index in [0.717, 1.165) is 5.56 Å². The molecule has 0 bridgehead atoms. The zero-order valence-electron chi connectivity index (χ0n) is 11.2. The molecule has 7 heteroatoms. The number of ether oxygens (including phenoxy) is 1. The topological polar surface area (TPSA) is 69.4 Å². The van der Waals surface area contributed by atoms with Crippen molar-refractivity contribution in [2.24, 2.45) is 0 Å². The summed E-state index contributed by atoms with van der Waals surface area (Å²) in [5.41, 5.74) is 0.771. The van der Waals surface area contributed by atoms with Crippen molar-refractivity contribution in [3.05, 3.63) is 70.3 Å². The fourth-order valence-corrected chi connectivity index (χ4v) is 2.44. The number of carbonyl (C=O) groups excluding carboxylic acids is 1. The lowest BCUT2D eigenvalue weighted by Crippen LogP contribution is -2.24. The number of non-ortho nitro benzene ring substituents is 1. The second kappa shape index (κ2) is 7.38. The minimum Gasteiger partial charge on any atom is -0.425 e. The third-order valence-corrected chi connectivity index (χ3v) is 4.66. The van der Waals surface area contributed by atoms with Crippen molar-refractivity contribution in [1.29, 1.82) is 0 Å². The molecule has 0 heterocycles. The van der Waals surface area contributed by atoms with Gasteiger partial charge in [-0.25, -0.2) is 4.79 Å². The van der Waals surface area contributed by atoms with Crippen LogP contribution < -0.4 is 4.74 Å². The summed E-state index contributed by atoms with van der Waals surface area (Å²) < 4.78 is 5.13. The molecule has 2 aromatic rings. The third kappa shape index (κ3) is 4.05. The van der Waals surface area contributed by atoms with Crippen molar-refractivity contribution in [2.75, 3.05) is 0 Å². The summed E-state index contributed by atoms with van der Waals surface area (Å²) in [4.78, 5) is 21.7. The van der Waals surface area contributed by atoms with Crippen LogP contribution in [0, 0.1) is 10.1 Å². The molecule has 0 unspecified atom stereocenters. The van der Waals surface area contributed by atoms with Gasteiger partial charge >= 0.3 is 5.97 Å². The first kappa shape index (κ1) is 16.5. The van der Waals surface area contributed by atoms with Crippen LogP contribution in [0.5, 0.6) is 5.75 Å². The van der Waals surface area contributed by atoms with E-state index in [0.29, 0.717) is 0 Å². The van der Waals surface area contributed by atoms with E-state index in [2.05, 4.69) is 15.9 Å². The van der Waals surface area contributed by atoms with E-state index in [1.165, 1.54) is 24.3 Å². The van der Waals surface area contributed by atoms with Crippen molar-refractivity contribution in [3.63, 3.8) is 0 Å². The van der Waals surface area contributed by atoms with Gasteiger partial charge in [-0.3, -0.25) is 10.1 Å². The minimum absolute atomic E-state index is 0.0788. The summed E-state index contributed by atoms with van der Waals surface area (Å²) in [5, 5.41) is 9.63. The van der Waals surface area contributed by atoms with Crippen LogP contribution in [0.15, 0.2) is 54.6 Å². The quantitative estimate of drug-likeness (QED) is 0.254. The molecule has 0 radical (unpaired) electrons. The molecule has 0 aliphatic heterocycles. The van der Waals surface area contributed by atoms with Crippen molar-refractivity contribution in [1.82, 2.24) is 0 Å². The van der Waals surface area contributed by atoms with Crippen molar-refractivity contribution in [3.8, 4) is 5.75 Å². The van der Waals surface area contributed by atoms with Gasteiger partial charge in [0.15, 0.2) is 0 Å². The third-order valence-electron chi connectivity index (χ3n) is 2.87. The van der Waals surface area contributed by atoms with Gasteiger partial charge in [0.1, 0.15) is 11.1 Å². The van der Waals surface area contributed by atoms with E-state index < -0.39 is 21.1 Å². The molecule has 0 saturated heterocycles. The van der Waals surface area contributed by atoms with Crippen LogP contribution in [-0.2, 0) is 4.79 Å². The number of nitrogens with zero attached hydrogens (tertiary/aromatic N) is 1. The molecule has 0 fully saturated rings. The van der Waals surface area contributed by atoms with E-state index in [9.17, 15) is 14.9 Å². The number of carbonyl (C=O) groups is 1. The number of nitro benzene ring substituents is 1. The van der Waals surface area contributed by atoms with Crippen LogP contribution in [0.3, 0.4) is 0 Å². The number of halogens is 2. The Kier molecular flexibility index (Phi) is 5.51. The Hall–Kier alpha value is -1.92. The van der Waals surface area contributed by atoms with E-state index in [4.69, 9.17) is 16.3 Å². The van der Waals surface area contributed by atoms with Crippen LogP contribution in [0.4, 0.5) is 5.69 Å². The highest BCUT2D eigenvalue weighted by molar-refractivity contribution is 9.09. The smallest absolute Gasteiger partial charge is 0.330 e. The number of esters is 1. The standard InChI is InChI=1S/C15H11BrClNO4/c16-13(10-4-2-1-3-5-10)14(17)15(19)22-12-8-6-11(7-9-12)18(20)21/h1-9,13-14H/t13-,14-/m0/s1. The van der Waals surface area contributed by atoms with Gasteiger partial charge in [-0.15, -0.1) is 11.6 Å². The largest absolute Gasteiger partial charge is 0.425 e. The molecule has 2 atom stereocenters. The molecule has 0 amide bonds. The Balaban J connectivity index is 2.03. The second-order valence-corrected chi connectivity index (χ2v) is 5.84. The predicted octanol–water partition coefficient (Wildman–Crippen LogP) is 4.24. The highest BCUT2D eigenvalue weighted by Gasteiger charge is 2.27. The summed E-state index contributed by atoms with van der Waals surface area (Å²) in [7, 11) is 0. The fourth-order valence-electron chi connectivity index (χ4n) is 1.73. The maximum atomic E-state index is 12.0. The number of hydrogen-bond donors (Lipinski definition) is 0. The van der Waals surface area contributed by atoms with Gasteiger partial charge in [-0.1, -0.05) is 46.3 Å². The van der Waals surface area contributed by atoms with Gasteiger partial charge in [0.25, 0.3) is 5.69 Å². The van der Waals surface area contributed by atoms with Crippen LogP contribution in [-0.4, -0.2) is 16.3 Å². The van der Waals surface area contributed by atoms with Gasteiger partial charge in [-0.05, 0) is 17.7 Å². The number of rotatable bonds is 5. The number of alkyl halides is 2. The lowest BCUT2D eigenvalue weighted by atomic mass is 10.1. The molecular formula is C15H11BrClNO4. The minimum atomic E-state index is -0.933. The van der Waals surface area contributed by atoms with Crippen LogP contribution in [0.1, 0.15) is 10.4 Å². The number of nitro groups is 1. The van der Waals surface area contributed by atoms with Crippen LogP contribution in [0.25, 0.3) is 0 Å². The van der Waals surface area contributed by atoms with Gasteiger partial charge < -0.3 is 4.74 Å². The van der Waals surface area contributed by atoms with Crippen molar-refractivity contribution in [2.45, 2.75) is 10.2 Å². The normalized spacial score (nSPS) is 13.2. The van der Waals surface area contributed by atoms with Crippen molar-refractivity contribution < 1.29 is 14.5 Å². The van der Waals surface area contributed by atoms with E-state index in [1.54, 1.807) is 0 Å². The summed E-state index contributed by atoms with van der Waals surface area (Å²) in [5.74, 6) is -0.435. The molecule has 5 nitrogen and oxygen atoms in total. The van der Waals surface area contributed by atoms with E-state index >= 15 is 0 Å². The maximum Gasteiger partial charge on any atom is 0.330 e. The van der Waals surface area contributed by atoms with Crippen molar-refractivity contribution >= 4 is 39.2 Å². The van der Waals surface area contributed by atoms with Gasteiger partial charge in [0.05, 0.1) is 9.75 Å². The number of benzene rings is 2. The Morgan fingerprint density at radius 1 is 1.14 bits per heavy atom. The molecule has 2 aromatic carbocycles. The maximum absolute atomic E-state index is 12.0. The zero-order chi connectivity index (χ0) is 16.1. The Bertz CT molecular complexity index is 663. The molecular weight excluding hydrogens is 374 g/mol. The van der Waals surface area contributed by atoms with Gasteiger partial charge in [0.2, 0.25) is 0 Å². The molecule has 0 aromatic heterocycles. The first-order chi connectivity index (χ1) is 10.5. The fraction of sp³-hybridized carbons (Fsp3) is 0.133. The lowest BCUT2D eigenvalue weighted by molar-refractivity contribution is -0.384. The Morgan fingerprint density at radius 2 is 1.73 bits per heavy atom. The van der Waals surface area contributed by atoms with E-state index in [1.807, 2.05) is 30.3 Å². The highest BCUT2D eigenvalue weighted by Crippen LogP contribution is 2.31. The Labute approximate surface area is 140 Å². The first-order valence-electron chi connectivity index (χ1n) is 6.28. The average molecular weight is 385 g/mol. The van der Waals surface area contributed by atoms with Crippen LogP contribution in [0.2, 0.25) is 0 Å². The molecule has 0 saturated carbocycles. The predicted molar refractivity (Wildman–Crippen MR) is 86.5 cm³/mol. The summed E-state index contributed by atoms with van der Waals surface area (Å²) in [6, 6.07) is 14.5. The molecule has 0 aliphatic carbocycles. The lowest BCUT2D eigenvalue weighted by Gasteiger charge is -2.15. The summed E-state index contributed by atoms with van der Waals surface area (Å²) in [6.07, 6.45) is 0. The molecule has 0 spiro atoms. The van der Waals surface area contributed by atoms with Crippen LogP contribution >= 0.6 is 27.5 Å².